The molecule has 0 saturated heterocycles. The zero-order valence-corrected chi connectivity index (χ0v) is 9.99. The van der Waals surface area contributed by atoms with Crippen molar-refractivity contribution in [3.63, 3.8) is 0 Å². The van der Waals surface area contributed by atoms with Crippen molar-refractivity contribution in [2.24, 2.45) is 11.8 Å². The number of hydrogen-bond acceptors (Lipinski definition) is 2. The Labute approximate surface area is 87.1 Å². The van der Waals surface area contributed by atoms with Crippen LogP contribution in [0.4, 0.5) is 0 Å². The molecule has 1 nitrogen and oxygen atoms in total. The lowest BCUT2D eigenvalue weighted by atomic mass is 9.74. The lowest BCUT2D eigenvalue weighted by Gasteiger charge is -2.38. The van der Waals surface area contributed by atoms with Gasteiger partial charge in [-0.2, -0.15) is 11.8 Å². The van der Waals surface area contributed by atoms with Crippen LogP contribution in [0.3, 0.4) is 0 Å². The van der Waals surface area contributed by atoms with Crippen LogP contribution < -0.4 is 5.32 Å². The van der Waals surface area contributed by atoms with E-state index in [9.17, 15) is 0 Å². The first kappa shape index (κ1) is 11.4. The van der Waals surface area contributed by atoms with Gasteiger partial charge in [-0.3, -0.25) is 0 Å². The molecule has 0 aromatic heterocycles. The Morgan fingerprint density at radius 2 is 2.08 bits per heavy atom. The summed E-state index contributed by atoms with van der Waals surface area (Å²) in [6.07, 6.45) is 6.33. The number of hydrogen-bond donors (Lipinski definition) is 1. The summed E-state index contributed by atoms with van der Waals surface area (Å²) in [7, 11) is 0. The summed E-state index contributed by atoms with van der Waals surface area (Å²) in [6, 6.07) is 0.842. The van der Waals surface area contributed by atoms with E-state index in [1.807, 2.05) is 11.8 Å². The fourth-order valence-corrected chi connectivity index (χ4v) is 2.33. The topological polar surface area (TPSA) is 12.0 Å². The van der Waals surface area contributed by atoms with E-state index in [4.69, 9.17) is 0 Å². The van der Waals surface area contributed by atoms with Crippen LogP contribution in [-0.4, -0.2) is 24.6 Å². The molecule has 0 unspecified atom stereocenters. The van der Waals surface area contributed by atoms with Gasteiger partial charge in [-0.1, -0.05) is 13.8 Å². The second-order valence-corrected chi connectivity index (χ2v) is 5.46. The molecule has 0 atom stereocenters. The first-order chi connectivity index (χ1) is 6.24. The van der Waals surface area contributed by atoms with Crippen molar-refractivity contribution < 1.29 is 0 Å². The van der Waals surface area contributed by atoms with Crippen LogP contribution in [0.15, 0.2) is 0 Å². The van der Waals surface area contributed by atoms with Gasteiger partial charge in [-0.05, 0) is 49.7 Å². The second kappa shape index (κ2) is 5.92. The third-order valence-electron chi connectivity index (χ3n) is 3.08. The molecule has 0 heterocycles. The lowest BCUT2D eigenvalue weighted by molar-refractivity contribution is 0.169. The predicted molar refractivity (Wildman–Crippen MR) is 62.4 cm³/mol. The molecule has 0 radical (unpaired) electrons. The lowest BCUT2D eigenvalue weighted by Crippen LogP contribution is -2.43. The fourth-order valence-electron chi connectivity index (χ4n) is 1.90. The van der Waals surface area contributed by atoms with Crippen molar-refractivity contribution >= 4 is 11.8 Å². The van der Waals surface area contributed by atoms with Crippen molar-refractivity contribution in [1.29, 1.82) is 0 Å². The monoisotopic (exact) mass is 201 g/mol. The van der Waals surface area contributed by atoms with E-state index in [0.717, 1.165) is 17.9 Å². The highest BCUT2D eigenvalue weighted by Crippen LogP contribution is 2.33. The minimum atomic E-state index is 0.842. The molecule has 1 aliphatic rings. The summed E-state index contributed by atoms with van der Waals surface area (Å²) in [5, 5.41) is 3.63. The van der Waals surface area contributed by atoms with Gasteiger partial charge in [0.2, 0.25) is 0 Å². The molecule has 0 spiro atoms. The van der Waals surface area contributed by atoms with Gasteiger partial charge in [0.25, 0.3) is 0 Å². The first-order valence-electron chi connectivity index (χ1n) is 5.46. The van der Waals surface area contributed by atoms with Crippen molar-refractivity contribution in [3.05, 3.63) is 0 Å². The summed E-state index contributed by atoms with van der Waals surface area (Å²) in [5.41, 5.74) is 0. The van der Waals surface area contributed by atoms with E-state index < -0.39 is 0 Å². The average molecular weight is 201 g/mol. The number of nitrogens with one attached hydrogen (secondary N) is 1. The summed E-state index contributed by atoms with van der Waals surface area (Å²) >= 11 is 1.94. The van der Waals surface area contributed by atoms with Gasteiger partial charge < -0.3 is 5.32 Å². The highest BCUT2D eigenvalue weighted by molar-refractivity contribution is 7.98. The maximum absolute atomic E-state index is 3.63. The Balaban J connectivity index is 1.90. The molecule has 1 aliphatic carbocycles. The molecule has 0 bridgehead atoms. The normalized spacial score (nSPS) is 27.7. The predicted octanol–water partition coefficient (Wildman–Crippen LogP) is 2.76. The third kappa shape index (κ3) is 3.90. The Bertz CT molecular complexity index is 130. The van der Waals surface area contributed by atoms with Crippen LogP contribution >= 0.6 is 11.8 Å². The van der Waals surface area contributed by atoms with E-state index in [2.05, 4.69) is 25.4 Å². The van der Waals surface area contributed by atoms with E-state index in [-0.39, 0.29) is 0 Å². The van der Waals surface area contributed by atoms with Crippen molar-refractivity contribution in [2.75, 3.05) is 18.6 Å². The van der Waals surface area contributed by atoms with Crippen LogP contribution in [0.2, 0.25) is 0 Å². The van der Waals surface area contributed by atoms with Crippen molar-refractivity contribution in [3.8, 4) is 0 Å². The molecule has 1 saturated carbocycles. The van der Waals surface area contributed by atoms with E-state index in [0.29, 0.717) is 0 Å². The molecule has 0 aliphatic heterocycles. The van der Waals surface area contributed by atoms with Crippen LogP contribution in [0.1, 0.15) is 33.1 Å². The molecular weight excluding hydrogens is 178 g/mol. The van der Waals surface area contributed by atoms with Gasteiger partial charge in [-0.25, -0.2) is 0 Å². The van der Waals surface area contributed by atoms with Gasteiger partial charge >= 0.3 is 0 Å². The van der Waals surface area contributed by atoms with Gasteiger partial charge in [0.1, 0.15) is 0 Å². The van der Waals surface area contributed by atoms with Gasteiger partial charge in [0, 0.05) is 6.04 Å². The molecule has 0 aromatic carbocycles. The fraction of sp³-hybridized carbons (Fsp3) is 1.00. The zero-order valence-electron chi connectivity index (χ0n) is 9.18. The Morgan fingerprint density at radius 1 is 1.38 bits per heavy atom. The van der Waals surface area contributed by atoms with Crippen LogP contribution in [0.25, 0.3) is 0 Å². The van der Waals surface area contributed by atoms with Gasteiger partial charge in [-0.15, -0.1) is 0 Å². The molecule has 0 aromatic rings. The Kier molecular flexibility index (Phi) is 5.18. The van der Waals surface area contributed by atoms with Gasteiger partial charge in [0.05, 0.1) is 0 Å². The maximum Gasteiger partial charge on any atom is 0.00725 e. The highest BCUT2D eigenvalue weighted by atomic mass is 32.2. The summed E-state index contributed by atoms with van der Waals surface area (Å²) in [5.74, 6) is 3.19. The standard InChI is InChI=1S/C11H23NS/c1-9(2)10-7-11(8-10)12-5-4-6-13-3/h9-12H,4-8H2,1-3H3. The molecule has 2 heteroatoms. The first-order valence-corrected chi connectivity index (χ1v) is 6.85. The second-order valence-electron chi connectivity index (χ2n) is 4.47. The Morgan fingerprint density at radius 3 is 2.62 bits per heavy atom. The molecule has 1 N–H and O–H groups in total. The van der Waals surface area contributed by atoms with E-state index in [1.54, 1.807) is 0 Å². The molecule has 13 heavy (non-hydrogen) atoms. The average Bonchev–Trinajstić information content (AvgIpc) is 2.00. The smallest absolute Gasteiger partial charge is 0.00725 e. The van der Waals surface area contributed by atoms with Crippen LogP contribution in [-0.2, 0) is 0 Å². The minimum absolute atomic E-state index is 0.842. The van der Waals surface area contributed by atoms with Crippen molar-refractivity contribution in [1.82, 2.24) is 5.32 Å². The van der Waals surface area contributed by atoms with Crippen LogP contribution in [0, 0.1) is 11.8 Å². The Hall–Kier alpha value is 0.310. The minimum Gasteiger partial charge on any atom is -0.314 e. The summed E-state index contributed by atoms with van der Waals surface area (Å²) in [4.78, 5) is 0. The quantitative estimate of drug-likeness (QED) is 0.663. The molecule has 1 fully saturated rings. The largest absolute Gasteiger partial charge is 0.314 e. The van der Waals surface area contributed by atoms with E-state index >= 15 is 0 Å². The molecule has 1 rings (SSSR count). The zero-order chi connectivity index (χ0) is 9.68. The third-order valence-corrected chi connectivity index (χ3v) is 3.77. The SMILES string of the molecule is CSCCCNC1CC(C(C)C)C1. The van der Waals surface area contributed by atoms with Gasteiger partial charge in [0.15, 0.2) is 0 Å². The summed E-state index contributed by atoms with van der Waals surface area (Å²) in [6.45, 7) is 5.90. The van der Waals surface area contributed by atoms with Crippen LogP contribution in [0.5, 0.6) is 0 Å². The molecular formula is C11H23NS. The maximum atomic E-state index is 3.63. The van der Waals surface area contributed by atoms with Crippen molar-refractivity contribution in [2.45, 2.75) is 39.2 Å². The summed E-state index contributed by atoms with van der Waals surface area (Å²) < 4.78 is 0. The number of thioether (sulfide) groups is 1. The number of rotatable bonds is 6. The van der Waals surface area contributed by atoms with E-state index in [1.165, 1.54) is 31.6 Å². The highest BCUT2D eigenvalue weighted by Gasteiger charge is 2.30. The molecule has 78 valence electrons. The molecule has 0 amide bonds.